The number of hydrogen-bond acceptors (Lipinski definition) is 4. The summed E-state index contributed by atoms with van der Waals surface area (Å²) in [6, 6.07) is 0. The Hall–Kier alpha value is -1.85. The van der Waals surface area contributed by atoms with Crippen LogP contribution in [0.1, 0.15) is 62.6 Å². The molecule has 4 bridgehead atoms. The molecule has 0 radical (unpaired) electrons. The fraction of sp³-hybridized carbons (Fsp3) is 0.750. The lowest BCUT2D eigenvalue weighted by Crippen LogP contribution is -2.60. The number of rotatable bonds is 4. The van der Waals surface area contributed by atoms with Gasteiger partial charge in [0.1, 0.15) is 0 Å². The lowest BCUT2D eigenvalue weighted by Gasteiger charge is -2.56. The molecule has 4 fully saturated rings. The van der Waals surface area contributed by atoms with Crippen LogP contribution in [0.25, 0.3) is 0 Å². The van der Waals surface area contributed by atoms with Gasteiger partial charge in [-0.15, -0.1) is 0 Å². The molecule has 1 heterocycles. The van der Waals surface area contributed by atoms with Crippen LogP contribution in [0.15, 0.2) is 4.79 Å². The van der Waals surface area contributed by atoms with Crippen molar-refractivity contribution in [2.24, 2.45) is 17.8 Å². The van der Waals surface area contributed by atoms with E-state index in [0.29, 0.717) is 5.88 Å². The predicted molar refractivity (Wildman–Crippen MR) is 96.0 cm³/mol. The van der Waals surface area contributed by atoms with Gasteiger partial charge in [-0.1, -0.05) is 0 Å². The second kappa shape index (κ2) is 6.10. The van der Waals surface area contributed by atoms with E-state index in [1.165, 1.54) is 19.3 Å². The Morgan fingerprint density at radius 1 is 1.12 bits per heavy atom. The summed E-state index contributed by atoms with van der Waals surface area (Å²) in [7, 11) is 0. The van der Waals surface area contributed by atoms with Crippen LogP contribution >= 0.6 is 0 Å². The van der Waals surface area contributed by atoms with Crippen molar-refractivity contribution in [2.45, 2.75) is 69.7 Å². The highest BCUT2D eigenvalue weighted by molar-refractivity contribution is 5.78. The molecule has 4 saturated carbocycles. The standard InChI is InChI=1S/C20H27N3O3/c24-17(23-20-8-12-5-13(9-20)7-14(6-12)10-20)11-26-18-15-3-1-2-4-16(15)21-19(25)22-18/h12-14H,1-11H2,(H,23,24)(H,21,22,25). The average molecular weight is 357 g/mol. The predicted octanol–water partition coefficient (Wildman–Crippen LogP) is 2.11. The molecule has 1 aromatic heterocycles. The summed E-state index contributed by atoms with van der Waals surface area (Å²) in [5.41, 5.74) is 1.50. The van der Waals surface area contributed by atoms with Crippen LogP contribution in [-0.2, 0) is 17.6 Å². The number of aromatic amines is 1. The number of amides is 1. The zero-order chi connectivity index (χ0) is 17.7. The van der Waals surface area contributed by atoms with E-state index in [9.17, 15) is 9.59 Å². The Morgan fingerprint density at radius 2 is 1.77 bits per heavy atom. The smallest absolute Gasteiger partial charge is 0.348 e. The normalized spacial score (nSPS) is 34.4. The molecule has 6 nitrogen and oxygen atoms in total. The second-order valence-electron chi connectivity index (χ2n) is 9.05. The Bertz CT molecular complexity index is 750. The van der Waals surface area contributed by atoms with Crippen LogP contribution in [0.5, 0.6) is 5.88 Å². The van der Waals surface area contributed by atoms with Gasteiger partial charge in [0.2, 0.25) is 5.88 Å². The molecule has 140 valence electrons. The maximum atomic E-state index is 12.6. The first kappa shape index (κ1) is 16.3. The maximum absolute atomic E-state index is 12.6. The molecular formula is C20H27N3O3. The first-order valence-corrected chi connectivity index (χ1v) is 10.1. The third kappa shape index (κ3) is 2.93. The number of carbonyl (C=O) groups excluding carboxylic acids is 1. The monoisotopic (exact) mass is 357 g/mol. The van der Waals surface area contributed by atoms with Gasteiger partial charge in [0.05, 0.1) is 0 Å². The number of fused-ring (bicyclic) bond motifs is 1. The number of aromatic nitrogens is 2. The van der Waals surface area contributed by atoms with Gasteiger partial charge in [-0.05, 0) is 82.0 Å². The fourth-order valence-corrected chi connectivity index (χ4v) is 6.44. The van der Waals surface area contributed by atoms with E-state index >= 15 is 0 Å². The Morgan fingerprint density at radius 3 is 2.46 bits per heavy atom. The van der Waals surface area contributed by atoms with E-state index in [1.54, 1.807) is 0 Å². The number of carbonyl (C=O) groups is 1. The van der Waals surface area contributed by atoms with E-state index in [2.05, 4.69) is 15.3 Å². The topological polar surface area (TPSA) is 84.1 Å². The summed E-state index contributed by atoms with van der Waals surface area (Å²) >= 11 is 0. The Labute approximate surface area is 153 Å². The minimum atomic E-state index is -0.387. The van der Waals surface area contributed by atoms with Crippen molar-refractivity contribution in [1.82, 2.24) is 15.3 Å². The summed E-state index contributed by atoms with van der Waals surface area (Å²) in [6.07, 6.45) is 11.3. The lowest BCUT2D eigenvalue weighted by molar-refractivity contribution is -0.128. The summed E-state index contributed by atoms with van der Waals surface area (Å²) in [4.78, 5) is 31.1. The van der Waals surface area contributed by atoms with Crippen molar-refractivity contribution in [1.29, 1.82) is 0 Å². The zero-order valence-corrected chi connectivity index (χ0v) is 15.2. The summed E-state index contributed by atoms with van der Waals surface area (Å²) in [6.45, 7) is -0.0509. The van der Waals surface area contributed by atoms with Crippen LogP contribution < -0.4 is 15.7 Å². The molecule has 0 saturated heterocycles. The van der Waals surface area contributed by atoms with Crippen molar-refractivity contribution < 1.29 is 9.53 Å². The highest BCUT2D eigenvalue weighted by Crippen LogP contribution is 2.55. The molecule has 0 aliphatic heterocycles. The molecule has 0 atom stereocenters. The van der Waals surface area contributed by atoms with Crippen molar-refractivity contribution in [3.05, 3.63) is 21.7 Å². The van der Waals surface area contributed by atoms with Gasteiger partial charge < -0.3 is 15.0 Å². The molecule has 6 heteroatoms. The molecule has 5 aliphatic rings. The maximum Gasteiger partial charge on any atom is 0.348 e. The van der Waals surface area contributed by atoms with Gasteiger partial charge in [-0.25, -0.2) is 4.79 Å². The number of nitrogens with one attached hydrogen (secondary N) is 2. The summed E-state index contributed by atoms with van der Waals surface area (Å²) < 4.78 is 5.72. The third-order valence-electron chi connectivity index (χ3n) is 6.97. The SMILES string of the molecule is O=C(COc1nc(=O)[nH]c2c1CCCC2)NC12CC3CC(CC(C3)C1)C2. The summed E-state index contributed by atoms with van der Waals surface area (Å²) in [5, 5.41) is 3.31. The molecule has 0 spiro atoms. The van der Waals surface area contributed by atoms with E-state index in [0.717, 1.165) is 74.0 Å². The molecule has 0 unspecified atom stereocenters. The number of nitrogens with zero attached hydrogens (tertiary/aromatic N) is 1. The minimum absolute atomic E-state index is 0.00376. The second-order valence-corrected chi connectivity index (χ2v) is 9.05. The number of hydrogen-bond donors (Lipinski definition) is 2. The molecule has 5 aliphatic carbocycles. The van der Waals surface area contributed by atoms with Gasteiger partial charge in [-0.2, -0.15) is 4.98 Å². The number of H-pyrrole nitrogens is 1. The van der Waals surface area contributed by atoms with Crippen LogP contribution in [0.4, 0.5) is 0 Å². The average Bonchev–Trinajstić information content (AvgIpc) is 2.58. The highest BCUT2D eigenvalue weighted by Gasteiger charge is 2.51. The molecular weight excluding hydrogens is 330 g/mol. The highest BCUT2D eigenvalue weighted by atomic mass is 16.5. The van der Waals surface area contributed by atoms with E-state index in [-0.39, 0.29) is 23.7 Å². The van der Waals surface area contributed by atoms with Gasteiger partial charge in [-0.3, -0.25) is 4.79 Å². The first-order valence-electron chi connectivity index (χ1n) is 10.1. The number of ether oxygens (including phenoxy) is 1. The van der Waals surface area contributed by atoms with Crippen LogP contribution in [-0.4, -0.2) is 28.0 Å². The van der Waals surface area contributed by atoms with E-state index in [1.807, 2.05) is 0 Å². The third-order valence-corrected chi connectivity index (χ3v) is 6.97. The molecule has 2 N–H and O–H groups in total. The van der Waals surface area contributed by atoms with E-state index in [4.69, 9.17) is 4.74 Å². The molecule has 1 aromatic rings. The fourth-order valence-electron chi connectivity index (χ4n) is 6.44. The van der Waals surface area contributed by atoms with Gasteiger partial charge in [0.15, 0.2) is 6.61 Å². The van der Waals surface area contributed by atoms with Gasteiger partial charge in [0, 0.05) is 16.8 Å². The van der Waals surface area contributed by atoms with E-state index < -0.39 is 0 Å². The Kier molecular flexibility index (Phi) is 3.83. The molecule has 0 aromatic carbocycles. The molecule has 6 rings (SSSR count). The first-order chi connectivity index (χ1) is 12.6. The van der Waals surface area contributed by atoms with Crippen molar-refractivity contribution in [3.63, 3.8) is 0 Å². The van der Waals surface area contributed by atoms with Gasteiger partial charge >= 0.3 is 5.69 Å². The van der Waals surface area contributed by atoms with Crippen LogP contribution in [0.3, 0.4) is 0 Å². The quantitative estimate of drug-likeness (QED) is 0.864. The minimum Gasteiger partial charge on any atom is -0.467 e. The Balaban J connectivity index is 1.26. The molecule has 26 heavy (non-hydrogen) atoms. The van der Waals surface area contributed by atoms with Crippen LogP contribution in [0.2, 0.25) is 0 Å². The lowest BCUT2D eigenvalue weighted by atomic mass is 9.53. The summed E-state index contributed by atoms with van der Waals surface area (Å²) in [5.74, 6) is 2.67. The van der Waals surface area contributed by atoms with Crippen molar-refractivity contribution in [3.8, 4) is 5.88 Å². The number of aryl methyl sites for hydroxylation is 1. The molecule has 1 amide bonds. The van der Waals surface area contributed by atoms with Gasteiger partial charge in [0.25, 0.3) is 5.91 Å². The van der Waals surface area contributed by atoms with Crippen LogP contribution in [0, 0.1) is 17.8 Å². The van der Waals surface area contributed by atoms with Crippen molar-refractivity contribution in [2.75, 3.05) is 6.61 Å². The van der Waals surface area contributed by atoms with Crippen molar-refractivity contribution >= 4 is 5.91 Å². The zero-order valence-electron chi connectivity index (χ0n) is 15.2. The largest absolute Gasteiger partial charge is 0.467 e.